The Bertz CT molecular complexity index is 2380. The van der Waals surface area contributed by atoms with Gasteiger partial charge in [-0.3, -0.25) is 28.8 Å². The molecule has 5 rings (SSSR count). The van der Waals surface area contributed by atoms with Gasteiger partial charge in [0, 0.05) is 40.1 Å². The van der Waals surface area contributed by atoms with Crippen LogP contribution in [0.3, 0.4) is 0 Å². The standard InChI is InChI=1S/C42H46ClN11O8/c1-54(42(62)30(4-2-3-17-44)49-38(58)25-8-6-23(7-9-25)24-10-13-27(43)14-11-24)35-26-12-16-33(56)29(20-26)28-18-22(5-15-32(28)55)19-31(50-41(61)37(46)52-40(35)60)39(59)51-36(45)34(57)21-48-53-47/h5-16,18,20,30-31,35-37,55-56H,2-4,17,19,21,44-46H2,1H3,(H,49,58)(H,50,61)(H,51,59)(H,52,60)/t30-,31-,35-,36+,37+/m0/s1. The third kappa shape index (κ3) is 11.4. The highest BCUT2D eigenvalue weighted by Crippen LogP contribution is 2.39. The summed E-state index contributed by atoms with van der Waals surface area (Å²) in [5.41, 5.74) is 28.8. The largest absolute Gasteiger partial charge is 0.507 e. The van der Waals surface area contributed by atoms with Gasteiger partial charge in [0.25, 0.3) is 11.8 Å². The van der Waals surface area contributed by atoms with Gasteiger partial charge in [-0.2, -0.15) is 0 Å². The lowest BCUT2D eigenvalue weighted by Gasteiger charge is -2.32. The van der Waals surface area contributed by atoms with Gasteiger partial charge >= 0.3 is 0 Å². The number of azide groups is 1. The molecule has 20 heteroatoms. The number of nitrogens with two attached hydrogens (primary N) is 3. The number of carbonyl (C=O) groups excluding carboxylic acids is 6. The van der Waals surface area contributed by atoms with E-state index in [0.717, 1.165) is 16.0 Å². The number of Topliss-reactive ketones (excluding diaryl/α,β-unsaturated/α-hetero) is 1. The van der Waals surface area contributed by atoms with Crippen molar-refractivity contribution in [1.29, 1.82) is 0 Å². The molecule has 0 saturated heterocycles. The summed E-state index contributed by atoms with van der Waals surface area (Å²) in [7, 11) is 1.32. The molecule has 1 aliphatic rings. The molecule has 12 N–H and O–H groups in total. The maximum absolute atomic E-state index is 14.5. The molecule has 5 amide bonds. The van der Waals surface area contributed by atoms with E-state index in [1.807, 2.05) is 12.1 Å². The Balaban J connectivity index is 1.48. The van der Waals surface area contributed by atoms with E-state index in [2.05, 4.69) is 31.3 Å². The highest BCUT2D eigenvalue weighted by atomic mass is 35.5. The Morgan fingerprint density at radius 3 is 2.18 bits per heavy atom. The van der Waals surface area contributed by atoms with Gasteiger partial charge in [-0.05, 0) is 102 Å². The van der Waals surface area contributed by atoms with Crippen molar-refractivity contribution in [2.45, 2.75) is 56.1 Å². The topological polar surface area (TPSA) is 321 Å². The van der Waals surface area contributed by atoms with Crippen LogP contribution in [-0.2, 0) is 30.4 Å². The zero-order chi connectivity index (χ0) is 45.1. The SMILES string of the molecule is CN(C(=O)[C@H](CCCCN)NC(=O)c1ccc(-c2ccc(Cl)cc2)cc1)[C@@H]1C(=O)N[C@@H](N)C(=O)N[C@H](C(=O)N[C@@H](N)C(=O)CN=[N+]=[N-])Cc2ccc(O)c(c2)-c2cc1ccc2O. The maximum Gasteiger partial charge on any atom is 0.258 e. The second kappa shape index (κ2) is 21.0. The number of phenolic OH excluding ortho intramolecular Hbond substituents is 2. The van der Waals surface area contributed by atoms with Gasteiger partial charge in [-0.1, -0.05) is 53.1 Å². The average molecular weight is 868 g/mol. The molecular formula is C42H46ClN11O8. The molecule has 0 saturated carbocycles. The van der Waals surface area contributed by atoms with Gasteiger partial charge in [0.1, 0.15) is 35.8 Å². The smallest absolute Gasteiger partial charge is 0.258 e. The van der Waals surface area contributed by atoms with Gasteiger partial charge in [0.2, 0.25) is 17.7 Å². The van der Waals surface area contributed by atoms with E-state index in [1.165, 1.54) is 43.4 Å². The van der Waals surface area contributed by atoms with Crippen molar-refractivity contribution >= 4 is 46.9 Å². The first-order valence-electron chi connectivity index (χ1n) is 19.4. The summed E-state index contributed by atoms with van der Waals surface area (Å²) in [6.07, 6.45) is -2.61. The second-order valence-corrected chi connectivity index (χ2v) is 14.9. The van der Waals surface area contributed by atoms with Crippen LogP contribution >= 0.6 is 11.6 Å². The van der Waals surface area contributed by atoms with E-state index >= 15 is 0 Å². The quantitative estimate of drug-likeness (QED) is 0.0291. The lowest BCUT2D eigenvalue weighted by molar-refractivity contribution is -0.142. The third-order valence-electron chi connectivity index (χ3n) is 10.1. The lowest BCUT2D eigenvalue weighted by atomic mass is 9.93. The van der Waals surface area contributed by atoms with Crippen molar-refractivity contribution in [3.8, 4) is 33.8 Å². The number of fused-ring (bicyclic) bond motifs is 5. The molecule has 324 valence electrons. The first kappa shape index (κ1) is 46.1. The van der Waals surface area contributed by atoms with Crippen LogP contribution in [0, 0.1) is 0 Å². The number of nitrogens with zero attached hydrogens (tertiary/aromatic N) is 4. The van der Waals surface area contributed by atoms with Crippen LogP contribution in [0.25, 0.3) is 32.7 Å². The van der Waals surface area contributed by atoms with Gasteiger partial charge in [0.15, 0.2) is 11.9 Å². The van der Waals surface area contributed by atoms with E-state index in [1.54, 1.807) is 36.4 Å². The van der Waals surface area contributed by atoms with Crippen molar-refractivity contribution in [3.05, 3.63) is 117 Å². The van der Waals surface area contributed by atoms with Gasteiger partial charge in [-0.15, -0.1) is 0 Å². The molecule has 1 heterocycles. The second-order valence-electron chi connectivity index (χ2n) is 14.5. The molecule has 4 aromatic rings. The van der Waals surface area contributed by atoms with Crippen LogP contribution in [-0.4, -0.2) is 95.0 Å². The molecule has 0 fully saturated rings. The van der Waals surface area contributed by atoms with E-state index in [-0.39, 0.29) is 46.6 Å². The molecule has 0 aromatic heterocycles. The predicted molar refractivity (Wildman–Crippen MR) is 229 cm³/mol. The van der Waals surface area contributed by atoms with Crippen molar-refractivity contribution < 1.29 is 39.0 Å². The summed E-state index contributed by atoms with van der Waals surface area (Å²) in [5.74, 6) is -5.68. The Morgan fingerprint density at radius 2 is 1.53 bits per heavy atom. The zero-order valence-corrected chi connectivity index (χ0v) is 34.2. The minimum atomic E-state index is -1.81. The van der Waals surface area contributed by atoms with Gasteiger partial charge in [0.05, 0.1) is 6.54 Å². The summed E-state index contributed by atoms with van der Waals surface area (Å²) in [6, 6.07) is 17.9. The van der Waals surface area contributed by atoms with Crippen molar-refractivity contribution in [2.75, 3.05) is 20.1 Å². The average Bonchev–Trinajstić information content (AvgIpc) is 3.25. The predicted octanol–water partition coefficient (Wildman–Crippen LogP) is 2.23. The van der Waals surface area contributed by atoms with E-state index < -0.39 is 72.3 Å². The van der Waals surface area contributed by atoms with E-state index in [9.17, 15) is 39.0 Å². The van der Waals surface area contributed by atoms with Crippen LogP contribution in [0.15, 0.2) is 90.0 Å². The summed E-state index contributed by atoms with van der Waals surface area (Å²) in [5, 5.41) is 35.7. The number of ketones is 1. The number of unbranched alkanes of at least 4 members (excludes halogenated alkanes) is 1. The number of carbonyl (C=O) groups is 6. The summed E-state index contributed by atoms with van der Waals surface area (Å²) >= 11 is 6.03. The molecule has 62 heavy (non-hydrogen) atoms. The number of hydrogen-bond donors (Lipinski definition) is 9. The molecule has 0 radical (unpaired) electrons. The Labute approximate surface area is 360 Å². The number of amides is 5. The van der Waals surface area contributed by atoms with Crippen molar-refractivity contribution in [2.24, 2.45) is 22.3 Å². The minimum absolute atomic E-state index is 0.0346. The lowest BCUT2D eigenvalue weighted by Crippen LogP contribution is -2.61. The Hall–Kier alpha value is -7.02. The Kier molecular flexibility index (Phi) is 15.6. The van der Waals surface area contributed by atoms with E-state index in [0.29, 0.717) is 30.0 Å². The van der Waals surface area contributed by atoms with Crippen LogP contribution < -0.4 is 38.5 Å². The molecule has 5 atom stereocenters. The molecule has 0 spiro atoms. The summed E-state index contributed by atoms with van der Waals surface area (Å²) in [4.78, 5) is 85.3. The van der Waals surface area contributed by atoms with Gasteiger partial charge < -0.3 is 53.6 Å². The highest BCUT2D eigenvalue weighted by molar-refractivity contribution is 6.30. The first-order valence-corrected chi connectivity index (χ1v) is 19.7. The molecular weight excluding hydrogens is 822 g/mol. The summed E-state index contributed by atoms with van der Waals surface area (Å²) < 4.78 is 0. The first-order chi connectivity index (χ1) is 29.6. The highest BCUT2D eigenvalue weighted by Gasteiger charge is 2.36. The molecule has 19 nitrogen and oxygen atoms in total. The molecule has 1 aliphatic heterocycles. The molecule has 4 aromatic carbocycles. The molecule has 0 unspecified atom stereocenters. The van der Waals surface area contributed by atoms with Crippen LogP contribution in [0.4, 0.5) is 0 Å². The molecule has 0 aliphatic carbocycles. The zero-order valence-electron chi connectivity index (χ0n) is 33.5. The fourth-order valence-electron chi connectivity index (χ4n) is 6.78. The molecule has 4 bridgehead atoms. The fraction of sp³-hybridized carbons (Fsp3) is 0.286. The normalized spacial score (nSPS) is 17.1. The van der Waals surface area contributed by atoms with E-state index in [4.69, 9.17) is 34.3 Å². The van der Waals surface area contributed by atoms with Crippen LogP contribution in [0.2, 0.25) is 5.02 Å². The van der Waals surface area contributed by atoms with Crippen molar-refractivity contribution in [3.63, 3.8) is 0 Å². The monoisotopic (exact) mass is 867 g/mol. The number of likely N-dealkylation sites (N-methyl/N-ethyl adjacent to an activating group) is 1. The number of nitrogens with one attached hydrogen (secondary N) is 4. The third-order valence-corrected chi connectivity index (χ3v) is 10.4. The number of benzene rings is 4. The maximum atomic E-state index is 14.5. The Morgan fingerprint density at radius 1 is 0.903 bits per heavy atom. The summed E-state index contributed by atoms with van der Waals surface area (Å²) in [6.45, 7) is -0.342. The number of aromatic hydroxyl groups is 2. The number of phenols is 2. The van der Waals surface area contributed by atoms with Crippen LogP contribution in [0.5, 0.6) is 11.5 Å². The minimum Gasteiger partial charge on any atom is -0.507 e. The number of rotatable bonds is 14. The van der Waals surface area contributed by atoms with Gasteiger partial charge in [-0.25, -0.2) is 0 Å². The fourth-order valence-corrected chi connectivity index (χ4v) is 6.90. The van der Waals surface area contributed by atoms with Crippen molar-refractivity contribution in [1.82, 2.24) is 26.2 Å². The number of halogens is 1. The van der Waals surface area contributed by atoms with Crippen LogP contribution in [0.1, 0.15) is 46.8 Å². The number of hydrogen-bond acceptors (Lipinski definition) is 12.